The minimum absolute atomic E-state index is 1.10. The molecule has 0 radical (unpaired) electrons. The maximum atomic E-state index is 2.16. The van der Waals surface area contributed by atoms with E-state index in [9.17, 15) is 0 Å². The molecule has 60 valence electrons. The van der Waals surface area contributed by atoms with Gasteiger partial charge in [-0.1, -0.05) is 37.6 Å². The Morgan fingerprint density at radius 1 is 1.20 bits per heavy atom. The number of rotatable bonds is 2. The van der Waals surface area contributed by atoms with E-state index in [1.165, 1.54) is 5.57 Å². The van der Waals surface area contributed by atoms with E-state index < -0.39 is 0 Å². The highest BCUT2D eigenvalue weighted by atomic mass is 13.8. The molecule has 0 spiro atoms. The molecular weight excluding hydrogens is 120 g/mol. The second kappa shape index (κ2) is 11.3. The van der Waals surface area contributed by atoms with Crippen molar-refractivity contribution in [1.82, 2.24) is 0 Å². The predicted molar refractivity (Wildman–Crippen MR) is 50.2 cm³/mol. The number of hydrogen-bond acceptors (Lipinski definition) is 0. The van der Waals surface area contributed by atoms with E-state index in [0.717, 1.165) is 6.42 Å². The molecule has 0 aromatic carbocycles. The molecule has 0 rings (SSSR count). The molecule has 0 aliphatic carbocycles. The predicted octanol–water partition coefficient (Wildman–Crippen LogP) is 3.95. The first kappa shape index (κ1) is 12.2. The van der Waals surface area contributed by atoms with Crippen LogP contribution in [-0.4, -0.2) is 0 Å². The molecule has 0 N–H and O–H groups in total. The van der Waals surface area contributed by atoms with Gasteiger partial charge in [-0.3, -0.25) is 0 Å². The van der Waals surface area contributed by atoms with E-state index in [1.54, 1.807) is 0 Å². The van der Waals surface area contributed by atoms with Crippen molar-refractivity contribution in [1.29, 1.82) is 0 Å². The zero-order chi connectivity index (χ0) is 8.41. The van der Waals surface area contributed by atoms with Crippen LogP contribution in [0.2, 0.25) is 0 Å². The number of hydrogen-bond donors (Lipinski definition) is 0. The third kappa shape index (κ3) is 10.5. The molecule has 0 fully saturated rings. The Balaban J connectivity index is 0. The Labute approximate surface area is 65.7 Å². The van der Waals surface area contributed by atoms with Crippen molar-refractivity contribution < 1.29 is 0 Å². The minimum Gasteiger partial charge on any atom is -0.0913 e. The molecule has 0 heteroatoms. The molecule has 0 nitrogen and oxygen atoms in total. The molecule has 0 aromatic rings. The summed E-state index contributed by atoms with van der Waals surface area (Å²) in [5.41, 5.74) is 1.43. The van der Waals surface area contributed by atoms with Crippen LogP contribution >= 0.6 is 0 Å². The lowest BCUT2D eigenvalue weighted by atomic mass is 10.2. The van der Waals surface area contributed by atoms with Crippen LogP contribution in [0.3, 0.4) is 0 Å². The fraction of sp³-hybridized carbons (Fsp3) is 0.600. The Morgan fingerprint density at radius 3 is 2.00 bits per heavy atom. The Bertz CT molecular complexity index is 96.6. The van der Waals surface area contributed by atoms with Gasteiger partial charge in [-0.2, -0.15) is 0 Å². The highest BCUT2D eigenvalue weighted by Crippen LogP contribution is 1.98. The second-order valence-electron chi connectivity index (χ2n) is 1.91. The SMILES string of the molecule is C/C=C/C/C(C)=C/C.CC. The average molecular weight is 140 g/mol. The Morgan fingerprint density at radius 2 is 1.70 bits per heavy atom. The first-order valence-corrected chi connectivity index (χ1v) is 4.04. The zero-order valence-electron chi connectivity index (χ0n) is 7.94. The van der Waals surface area contributed by atoms with Gasteiger partial charge < -0.3 is 0 Å². The summed E-state index contributed by atoms with van der Waals surface area (Å²) < 4.78 is 0. The summed E-state index contributed by atoms with van der Waals surface area (Å²) in [5, 5.41) is 0. The summed E-state index contributed by atoms with van der Waals surface area (Å²) in [5.74, 6) is 0. The third-order valence-electron chi connectivity index (χ3n) is 1.17. The summed E-state index contributed by atoms with van der Waals surface area (Å²) in [6.07, 6.45) is 7.48. The van der Waals surface area contributed by atoms with Gasteiger partial charge in [0.2, 0.25) is 0 Å². The molecule has 0 heterocycles. The van der Waals surface area contributed by atoms with Crippen LogP contribution < -0.4 is 0 Å². The molecule has 0 saturated carbocycles. The molecular formula is C10H20. The van der Waals surface area contributed by atoms with Gasteiger partial charge in [-0.15, -0.1) is 0 Å². The first-order chi connectivity index (χ1) is 4.81. The van der Waals surface area contributed by atoms with Gasteiger partial charge in [0.1, 0.15) is 0 Å². The summed E-state index contributed by atoms with van der Waals surface area (Å²) in [6, 6.07) is 0. The highest BCUT2D eigenvalue weighted by Gasteiger charge is 1.77. The van der Waals surface area contributed by atoms with Crippen molar-refractivity contribution in [3.63, 3.8) is 0 Å². The zero-order valence-corrected chi connectivity index (χ0v) is 7.94. The molecule has 10 heavy (non-hydrogen) atoms. The monoisotopic (exact) mass is 140 g/mol. The van der Waals surface area contributed by atoms with Crippen molar-refractivity contribution in [2.75, 3.05) is 0 Å². The van der Waals surface area contributed by atoms with E-state index >= 15 is 0 Å². The number of allylic oxidation sites excluding steroid dienone is 4. The summed E-state index contributed by atoms with van der Waals surface area (Å²) in [7, 11) is 0. The largest absolute Gasteiger partial charge is 0.0913 e. The van der Waals surface area contributed by atoms with Crippen molar-refractivity contribution in [2.45, 2.75) is 41.0 Å². The van der Waals surface area contributed by atoms with Gasteiger partial charge in [-0.05, 0) is 27.2 Å². The molecule has 0 aromatic heterocycles. The normalized spacial score (nSPS) is 11.1. The lowest BCUT2D eigenvalue weighted by Crippen LogP contribution is -1.67. The first-order valence-electron chi connectivity index (χ1n) is 4.04. The maximum Gasteiger partial charge on any atom is -0.0142 e. The average Bonchev–Trinajstić information content (AvgIpc) is 2.04. The summed E-state index contributed by atoms with van der Waals surface area (Å²) in [6.45, 7) is 10.3. The van der Waals surface area contributed by atoms with Crippen LogP contribution in [-0.2, 0) is 0 Å². The Kier molecular flexibility index (Phi) is 13.8. The van der Waals surface area contributed by atoms with E-state index in [4.69, 9.17) is 0 Å². The molecule has 0 unspecified atom stereocenters. The standard InChI is InChI=1S/C8H14.C2H6/c1-4-6-7-8(3)5-2;1-2/h4-6H,7H2,1-3H3;1-2H3/b6-4+,8-5+;. The molecule has 0 saturated heterocycles. The molecule has 0 aliphatic heterocycles. The molecule has 0 atom stereocenters. The van der Waals surface area contributed by atoms with E-state index in [-0.39, 0.29) is 0 Å². The van der Waals surface area contributed by atoms with Crippen LogP contribution in [0.5, 0.6) is 0 Å². The third-order valence-corrected chi connectivity index (χ3v) is 1.17. The quantitative estimate of drug-likeness (QED) is 0.509. The topological polar surface area (TPSA) is 0 Å². The summed E-state index contributed by atoms with van der Waals surface area (Å²) in [4.78, 5) is 0. The smallest absolute Gasteiger partial charge is 0.0142 e. The van der Waals surface area contributed by atoms with Crippen molar-refractivity contribution in [3.8, 4) is 0 Å². The van der Waals surface area contributed by atoms with Crippen LogP contribution in [0, 0.1) is 0 Å². The summed E-state index contributed by atoms with van der Waals surface area (Å²) >= 11 is 0. The molecule has 0 aliphatic rings. The van der Waals surface area contributed by atoms with Crippen LogP contribution in [0.1, 0.15) is 41.0 Å². The second-order valence-corrected chi connectivity index (χ2v) is 1.91. The fourth-order valence-electron chi connectivity index (χ4n) is 0.422. The van der Waals surface area contributed by atoms with Gasteiger partial charge in [0.15, 0.2) is 0 Å². The lowest BCUT2D eigenvalue weighted by molar-refractivity contribution is 1.19. The van der Waals surface area contributed by atoms with E-state index in [1.807, 2.05) is 20.8 Å². The van der Waals surface area contributed by atoms with E-state index in [2.05, 4.69) is 32.1 Å². The lowest BCUT2D eigenvalue weighted by Gasteiger charge is -1.88. The highest BCUT2D eigenvalue weighted by molar-refractivity contribution is 5.01. The van der Waals surface area contributed by atoms with Gasteiger partial charge >= 0.3 is 0 Å². The van der Waals surface area contributed by atoms with E-state index in [0.29, 0.717) is 0 Å². The van der Waals surface area contributed by atoms with Crippen molar-refractivity contribution in [3.05, 3.63) is 23.8 Å². The van der Waals surface area contributed by atoms with Gasteiger partial charge in [0.05, 0.1) is 0 Å². The molecule has 0 amide bonds. The maximum absolute atomic E-state index is 2.16. The van der Waals surface area contributed by atoms with Gasteiger partial charge in [-0.25, -0.2) is 0 Å². The van der Waals surface area contributed by atoms with Crippen LogP contribution in [0.4, 0.5) is 0 Å². The van der Waals surface area contributed by atoms with Crippen molar-refractivity contribution in [2.24, 2.45) is 0 Å². The fourth-order valence-corrected chi connectivity index (χ4v) is 0.422. The van der Waals surface area contributed by atoms with Gasteiger partial charge in [0.25, 0.3) is 0 Å². The Hall–Kier alpha value is -0.520. The van der Waals surface area contributed by atoms with Gasteiger partial charge in [0, 0.05) is 0 Å². The van der Waals surface area contributed by atoms with Crippen LogP contribution in [0.15, 0.2) is 23.8 Å². The minimum atomic E-state index is 1.10. The van der Waals surface area contributed by atoms with Crippen molar-refractivity contribution >= 4 is 0 Å². The van der Waals surface area contributed by atoms with Crippen LogP contribution in [0.25, 0.3) is 0 Å². The molecule has 0 bridgehead atoms.